The Bertz CT molecular complexity index is 841. The molecule has 7 nitrogen and oxygen atoms in total. The highest BCUT2D eigenvalue weighted by atomic mass is 16.5. The molecule has 1 saturated carbocycles. The van der Waals surface area contributed by atoms with Crippen molar-refractivity contribution in [2.75, 3.05) is 12.0 Å². The average molecular weight is 369 g/mol. The highest BCUT2D eigenvalue weighted by molar-refractivity contribution is 6.01. The number of imidazole rings is 1. The van der Waals surface area contributed by atoms with Crippen LogP contribution < -0.4 is 9.64 Å². The van der Waals surface area contributed by atoms with Gasteiger partial charge in [-0.1, -0.05) is 25.0 Å². The third kappa shape index (κ3) is 3.41. The molecule has 0 bridgehead atoms. The zero-order chi connectivity index (χ0) is 18.8. The predicted octanol–water partition coefficient (Wildman–Crippen LogP) is 2.86. The number of anilines is 1. The zero-order valence-corrected chi connectivity index (χ0v) is 15.3. The first-order valence-corrected chi connectivity index (χ1v) is 9.32. The van der Waals surface area contributed by atoms with Crippen LogP contribution in [0.3, 0.4) is 0 Å². The van der Waals surface area contributed by atoms with E-state index in [-0.39, 0.29) is 12.3 Å². The summed E-state index contributed by atoms with van der Waals surface area (Å²) in [5.74, 6) is -0.111. The maximum atomic E-state index is 13.1. The standard InChI is InChI=1S/C20H23N3O4/c1-26-19(24)10-18-20(25)22(16-8-4-5-9-17(16)27-18)12-15-11-21-13-23(15)14-6-2-3-7-14/h4-5,8-9,11,13-14,18H,2-3,6-7,10,12H2,1H3/t18-/m0/s1. The van der Waals surface area contributed by atoms with E-state index in [9.17, 15) is 9.59 Å². The topological polar surface area (TPSA) is 73.7 Å². The van der Waals surface area contributed by atoms with Gasteiger partial charge in [0.25, 0.3) is 5.91 Å². The first kappa shape index (κ1) is 17.6. The molecule has 0 radical (unpaired) electrons. The van der Waals surface area contributed by atoms with Crippen LogP contribution in [0, 0.1) is 0 Å². The molecule has 142 valence electrons. The molecule has 1 aliphatic heterocycles. The minimum absolute atomic E-state index is 0.109. The van der Waals surface area contributed by atoms with Crippen LogP contribution in [0.25, 0.3) is 0 Å². The second kappa shape index (κ2) is 7.42. The van der Waals surface area contributed by atoms with E-state index in [0.717, 1.165) is 18.5 Å². The van der Waals surface area contributed by atoms with E-state index in [1.54, 1.807) is 4.90 Å². The number of carbonyl (C=O) groups excluding carboxylic acids is 2. The molecular formula is C20H23N3O4. The summed E-state index contributed by atoms with van der Waals surface area (Å²) in [4.78, 5) is 30.8. The number of benzene rings is 1. The van der Waals surface area contributed by atoms with Crippen molar-refractivity contribution >= 4 is 17.6 Å². The van der Waals surface area contributed by atoms with E-state index in [2.05, 4.69) is 9.55 Å². The van der Waals surface area contributed by atoms with Crippen molar-refractivity contribution in [1.29, 1.82) is 0 Å². The number of fused-ring (bicyclic) bond motifs is 1. The molecule has 1 atom stereocenters. The van der Waals surface area contributed by atoms with Crippen molar-refractivity contribution in [3.63, 3.8) is 0 Å². The van der Waals surface area contributed by atoms with E-state index in [1.165, 1.54) is 20.0 Å². The third-order valence-electron chi connectivity index (χ3n) is 5.33. The number of nitrogens with zero attached hydrogens (tertiary/aromatic N) is 3. The van der Waals surface area contributed by atoms with Gasteiger partial charge in [-0.2, -0.15) is 0 Å². The quantitative estimate of drug-likeness (QED) is 0.758. The van der Waals surface area contributed by atoms with Crippen LogP contribution >= 0.6 is 0 Å². The maximum absolute atomic E-state index is 13.1. The van der Waals surface area contributed by atoms with E-state index in [4.69, 9.17) is 9.47 Å². The Labute approximate surface area is 157 Å². The van der Waals surface area contributed by atoms with Crippen molar-refractivity contribution in [2.24, 2.45) is 0 Å². The molecule has 1 aliphatic carbocycles. The molecule has 0 saturated heterocycles. The largest absolute Gasteiger partial charge is 0.478 e. The number of ether oxygens (including phenoxy) is 2. The number of aromatic nitrogens is 2. The van der Waals surface area contributed by atoms with Gasteiger partial charge in [0.15, 0.2) is 6.10 Å². The molecule has 27 heavy (non-hydrogen) atoms. The number of para-hydroxylation sites is 2. The summed E-state index contributed by atoms with van der Waals surface area (Å²) in [7, 11) is 1.31. The van der Waals surface area contributed by atoms with Gasteiger partial charge < -0.3 is 14.0 Å². The van der Waals surface area contributed by atoms with E-state index >= 15 is 0 Å². The summed E-state index contributed by atoms with van der Waals surface area (Å²) >= 11 is 0. The van der Waals surface area contributed by atoms with Gasteiger partial charge in [0.2, 0.25) is 0 Å². The van der Waals surface area contributed by atoms with E-state index in [1.807, 2.05) is 36.8 Å². The fourth-order valence-corrected chi connectivity index (χ4v) is 3.93. The highest BCUT2D eigenvalue weighted by Gasteiger charge is 2.36. The number of esters is 1. The van der Waals surface area contributed by atoms with Crippen LogP contribution in [0.1, 0.15) is 43.8 Å². The third-order valence-corrected chi connectivity index (χ3v) is 5.33. The number of amides is 1. The SMILES string of the molecule is COC(=O)C[C@@H]1Oc2ccccc2N(Cc2cncn2C2CCCC2)C1=O. The summed E-state index contributed by atoms with van der Waals surface area (Å²) in [6.45, 7) is 0.396. The van der Waals surface area contributed by atoms with Crippen LogP contribution in [0.15, 0.2) is 36.8 Å². The van der Waals surface area contributed by atoms with Crippen LogP contribution in [0.4, 0.5) is 5.69 Å². The van der Waals surface area contributed by atoms with Crippen molar-refractivity contribution < 1.29 is 19.1 Å². The van der Waals surface area contributed by atoms with Crippen molar-refractivity contribution in [3.8, 4) is 5.75 Å². The summed E-state index contributed by atoms with van der Waals surface area (Å²) in [5.41, 5.74) is 1.70. The number of rotatable bonds is 5. The monoisotopic (exact) mass is 369 g/mol. The molecule has 1 aromatic heterocycles. The minimum Gasteiger partial charge on any atom is -0.478 e. The fraction of sp³-hybridized carbons (Fsp3) is 0.450. The number of hydrogen-bond donors (Lipinski definition) is 0. The van der Waals surface area contributed by atoms with Gasteiger partial charge in [0.05, 0.1) is 37.8 Å². The lowest BCUT2D eigenvalue weighted by Crippen LogP contribution is -2.46. The highest BCUT2D eigenvalue weighted by Crippen LogP contribution is 2.36. The molecule has 2 aliphatic rings. The van der Waals surface area contributed by atoms with Gasteiger partial charge in [-0.05, 0) is 25.0 Å². The Morgan fingerprint density at radius 3 is 2.85 bits per heavy atom. The Hall–Kier alpha value is -2.83. The molecule has 2 heterocycles. The number of carbonyl (C=O) groups is 2. The first-order valence-electron chi connectivity index (χ1n) is 9.32. The molecule has 1 aromatic carbocycles. The normalized spacial score (nSPS) is 19.7. The first-order chi connectivity index (χ1) is 13.2. The molecular weight excluding hydrogens is 346 g/mol. The second-order valence-corrected chi connectivity index (χ2v) is 7.01. The minimum atomic E-state index is -0.879. The van der Waals surface area contributed by atoms with Gasteiger partial charge in [-0.15, -0.1) is 0 Å². The molecule has 0 unspecified atom stereocenters. The average Bonchev–Trinajstić information content (AvgIpc) is 3.36. The van der Waals surface area contributed by atoms with Crippen LogP contribution in [0.2, 0.25) is 0 Å². The summed E-state index contributed by atoms with van der Waals surface area (Å²) in [6, 6.07) is 7.84. The summed E-state index contributed by atoms with van der Waals surface area (Å²) in [6.07, 6.45) is 7.42. The van der Waals surface area contributed by atoms with Crippen molar-refractivity contribution in [1.82, 2.24) is 9.55 Å². The van der Waals surface area contributed by atoms with Gasteiger partial charge in [0, 0.05) is 12.2 Å². The lowest BCUT2D eigenvalue weighted by molar-refractivity contribution is -0.145. The molecule has 7 heteroatoms. The van der Waals surface area contributed by atoms with Crippen LogP contribution in [-0.4, -0.2) is 34.6 Å². The second-order valence-electron chi connectivity index (χ2n) is 7.01. The molecule has 0 N–H and O–H groups in total. The van der Waals surface area contributed by atoms with Gasteiger partial charge in [-0.3, -0.25) is 14.5 Å². The zero-order valence-electron chi connectivity index (χ0n) is 15.3. The summed E-state index contributed by atoms with van der Waals surface area (Å²) < 4.78 is 12.7. The Balaban J connectivity index is 1.63. The molecule has 1 fully saturated rings. The Morgan fingerprint density at radius 2 is 2.07 bits per heavy atom. The Morgan fingerprint density at radius 1 is 1.30 bits per heavy atom. The van der Waals surface area contributed by atoms with E-state index in [0.29, 0.717) is 24.0 Å². The van der Waals surface area contributed by atoms with Crippen LogP contribution in [0.5, 0.6) is 5.75 Å². The van der Waals surface area contributed by atoms with Crippen molar-refractivity contribution in [2.45, 2.75) is 50.8 Å². The Kier molecular flexibility index (Phi) is 4.83. The molecule has 1 amide bonds. The molecule has 4 rings (SSSR count). The van der Waals surface area contributed by atoms with Gasteiger partial charge >= 0.3 is 5.97 Å². The van der Waals surface area contributed by atoms with Gasteiger partial charge in [0.1, 0.15) is 5.75 Å². The smallest absolute Gasteiger partial charge is 0.309 e. The molecule has 0 spiro atoms. The molecule has 2 aromatic rings. The van der Waals surface area contributed by atoms with Crippen molar-refractivity contribution in [3.05, 3.63) is 42.5 Å². The number of methoxy groups -OCH3 is 1. The van der Waals surface area contributed by atoms with Crippen LogP contribution in [-0.2, 0) is 20.9 Å². The van der Waals surface area contributed by atoms with E-state index < -0.39 is 12.1 Å². The fourth-order valence-electron chi connectivity index (χ4n) is 3.93. The lowest BCUT2D eigenvalue weighted by Gasteiger charge is -2.34. The predicted molar refractivity (Wildman–Crippen MR) is 98.4 cm³/mol. The lowest BCUT2D eigenvalue weighted by atomic mass is 10.1. The summed E-state index contributed by atoms with van der Waals surface area (Å²) in [5, 5.41) is 0. The van der Waals surface area contributed by atoms with Gasteiger partial charge in [-0.25, -0.2) is 4.98 Å². The number of hydrogen-bond acceptors (Lipinski definition) is 5. The maximum Gasteiger partial charge on any atom is 0.309 e.